The van der Waals surface area contributed by atoms with Crippen LogP contribution in [-0.4, -0.2) is 21.0 Å². The highest BCUT2D eigenvalue weighted by Gasteiger charge is 2.22. The molecule has 0 fully saturated rings. The van der Waals surface area contributed by atoms with Crippen molar-refractivity contribution in [3.05, 3.63) is 58.5 Å². The van der Waals surface area contributed by atoms with E-state index in [0.29, 0.717) is 16.5 Å². The first-order valence-electron chi connectivity index (χ1n) is 5.93. The molecular weight excluding hydrogens is 276 g/mol. The van der Waals surface area contributed by atoms with E-state index in [0.717, 1.165) is 0 Å². The summed E-state index contributed by atoms with van der Waals surface area (Å²) in [4.78, 5) is 25.6. The predicted octanol–water partition coefficient (Wildman–Crippen LogP) is 3.10. The topological polar surface area (TPSA) is 106 Å². The van der Waals surface area contributed by atoms with Crippen molar-refractivity contribution in [2.24, 2.45) is 0 Å². The van der Waals surface area contributed by atoms with Gasteiger partial charge in [0.1, 0.15) is 5.69 Å². The van der Waals surface area contributed by atoms with Crippen LogP contribution in [0.1, 0.15) is 10.5 Å². The van der Waals surface area contributed by atoms with E-state index in [1.165, 1.54) is 18.4 Å². The number of hydrogen-bond donors (Lipinski definition) is 1. The number of nitro groups is 1. The third-order valence-corrected chi connectivity index (χ3v) is 3.02. The van der Waals surface area contributed by atoms with Gasteiger partial charge in [0.25, 0.3) is 0 Å². The second-order valence-electron chi connectivity index (χ2n) is 4.27. The van der Waals surface area contributed by atoms with Crippen LogP contribution in [-0.2, 0) is 0 Å². The van der Waals surface area contributed by atoms with Crippen molar-refractivity contribution in [1.82, 2.24) is 4.98 Å². The third-order valence-electron chi connectivity index (χ3n) is 3.02. The highest BCUT2D eigenvalue weighted by molar-refractivity contribution is 5.99. The Kier molecular flexibility index (Phi) is 2.87. The zero-order valence-corrected chi connectivity index (χ0v) is 10.5. The molecule has 7 nitrogen and oxygen atoms in total. The molecule has 3 rings (SSSR count). The van der Waals surface area contributed by atoms with E-state index < -0.39 is 10.9 Å². The molecule has 0 aliphatic heterocycles. The average Bonchev–Trinajstić information content (AvgIpc) is 2.95. The minimum atomic E-state index is -1.21. The normalized spacial score (nSPS) is 10.7. The number of fused-ring (bicyclic) bond motifs is 1. The van der Waals surface area contributed by atoms with Gasteiger partial charge >= 0.3 is 11.7 Å². The lowest BCUT2D eigenvalue weighted by molar-refractivity contribution is -0.384. The van der Waals surface area contributed by atoms with Crippen LogP contribution in [0.4, 0.5) is 5.69 Å². The number of carboxylic acids is 1. The average molecular weight is 284 g/mol. The molecule has 7 heteroatoms. The molecular formula is C14H8N2O5. The van der Waals surface area contributed by atoms with Gasteiger partial charge in [-0.25, -0.2) is 9.78 Å². The Morgan fingerprint density at radius 2 is 2.05 bits per heavy atom. The van der Waals surface area contributed by atoms with Gasteiger partial charge in [0.15, 0.2) is 0 Å². The van der Waals surface area contributed by atoms with Gasteiger partial charge in [0.05, 0.1) is 22.8 Å². The second-order valence-corrected chi connectivity index (χ2v) is 4.27. The Balaban J connectivity index is 2.37. The van der Waals surface area contributed by atoms with Gasteiger partial charge in [-0.2, -0.15) is 0 Å². The van der Waals surface area contributed by atoms with Crippen LogP contribution < -0.4 is 0 Å². The number of hydrogen-bond acceptors (Lipinski definition) is 5. The lowest BCUT2D eigenvalue weighted by Gasteiger charge is -2.05. The van der Waals surface area contributed by atoms with Crippen molar-refractivity contribution in [1.29, 1.82) is 0 Å². The minimum Gasteiger partial charge on any atom is -0.477 e. The molecule has 3 aromatic rings. The number of para-hydroxylation sites is 1. The van der Waals surface area contributed by atoms with Gasteiger partial charge in [-0.3, -0.25) is 10.1 Å². The van der Waals surface area contributed by atoms with E-state index >= 15 is 0 Å². The fourth-order valence-corrected chi connectivity index (χ4v) is 2.12. The van der Waals surface area contributed by atoms with Gasteiger partial charge in [0.2, 0.25) is 5.76 Å². The summed E-state index contributed by atoms with van der Waals surface area (Å²) in [6, 6.07) is 9.29. The van der Waals surface area contributed by atoms with E-state index in [2.05, 4.69) is 4.98 Å². The van der Waals surface area contributed by atoms with E-state index in [1.807, 2.05) is 0 Å². The van der Waals surface area contributed by atoms with E-state index in [4.69, 9.17) is 9.52 Å². The number of nitrogens with zero attached hydrogens (tertiary/aromatic N) is 2. The van der Waals surface area contributed by atoms with Crippen LogP contribution in [0.2, 0.25) is 0 Å². The summed E-state index contributed by atoms with van der Waals surface area (Å²) >= 11 is 0. The maximum Gasteiger partial charge on any atom is 0.354 e. The van der Waals surface area contributed by atoms with Crippen molar-refractivity contribution in [3.8, 4) is 11.3 Å². The van der Waals surface area contributed by atoms with Gasteiger partial charge in [-0.05, 0) is 12.1 Å². The Morgan fingerprint density at radius 3 is 2.76 bits per heavy atom. The Labute approximate surface area is 117 Å². The molecule has 2 heterocycles. The molecule has 0 spiro atoms. The summed E-state index contributed by atoms with van der Waals surface area (Å²) < 4.78 is 5.19. The summed E-state index contributed by atoms with van der Waals surface area (Å²) in [5.41, 5.74) is 0.338. The summed E-state index contributed by atoms with van der Waals surface area (Å²) in [6.45, 7) is 0. The number of furan rings is 1. The monoisotopic (exact) mass is 284 g/mol. The molecule has 0 aliphatic rings. The van der Waals surface area contributed by atoms with Crippen molar-refractivity contribution in [2.45, 2.75) is 0 Å². The molecule has 0 bridgehead atoms. The van der Waals surface area contributed by atoms with Crippen LogP contribution in [0.5, 0.6) is 0 Å². The molecule has 0 aliphatic carbocycles. The molecule has 0 saturated heterocycles. The SMILES string of the molecule is O=C(O)c1cc(-c2occc2[N+](=O)[O-])c2ccccc2n1. The summed E-state index contributed by atoms with van der Waals surface area (Å²) in [5, 5.41) is 20.7. The van der Waals surface area contributed by atoms with Crippen LogP contribution in [0.3, 0.4) is 0 Å². The smallest absolute Gasteiger partial charge is 0.354 e. The second kappa shape index (κ2) is 4.71. The number of rotatable bonds is 3. The predicted molar refractivity (Wildman–Crippen MR) is 73.1 cm³/mol. The summed E-state index contributed by atoms with van der Waals surface area (Å²) in [6.07, 6.45) is 1.20. The lowest BCUT2D eigenvalue weighted by atomic mass is 10.0. The summed E-state index contributed by atoms with van der Waals surface area (Å²) in [5.74, 6) is -1.20. The van der Waals surface area contributed by atoms with Crippen LogP contribution >= 0.6 is 0 Å². The van der Waals surface area contributed by atoms with Crippen molar-refractivity contribution in [3.63, 3.8) is 0 Å². The van der Waals surface area contributed by atoms with Gasteiger partial charge in [-0.1, -0.05) is 18.2 Å². The number of benzene rings is 1. The highest BCUT2D eigenvalue weighted by Crippen LogP contribution is 2.35. The fourth-order valence-electron chi connectivity index (χ4n) is 2.12. The van der Waals surface area contributed by atoms with Gasteiger partial charge < -0.3 is 9.52 Å². The Bertz CT molecular complexity index is 869. The zero-order valence-electron chi connectivity index (χ0n) is 10.5. The van der Waals surface area contributed by atoms with E-state index in [9.17, 15) is 14.9 Å². The van der Waals surface area contributed by atoms with Crippen molar-refractivity contribution in [2.75, 3.05) is 0 Å². The fraction of sp³-hybridized carbons (Fsp3) is 0. The van der Waals surface area contributed by atoms with Gasteiger partial charge in [-0.15, -0.1) is 0 Å². The van der Waals surface area contributed by atoms with Gasteiger partial charge in [0, 0.05) is 10.9 Å². The van der Waals surface area contributed by atoms with Crippen molar-refractivity contribution < 1.29 is 19.2 Å². The standard InChI is InChI=1S/C14H8N2O5/c17-14(18)11-7-9(8-3-1-2-4-10(8)15-11)13-12(16(19)20)5-6-21-13/h1-7H,(H,17,18). The molecule has 0 saturated carbocycles. The van der Waals surface area contributed by atoms with Crippen LogP contribution in [0, 0.1) is 10.1 Å². The number of pyridine rings is 1. The van der Waals surface area contributed by atoms with E-state index in [-0.39, 0.29) is 17.1 Å². The maximum absolute atomic E-state index is 11.2. The summed E-state index contributed by atoms with van der Waals surface area (Å²) in [7, 11) is 0. The first kappa shape index (κ1) is 12.8. The van der Waals surface area contributed by atoms with E-state index in [1.54, 1.807) is 24.3 Å². The number of carboxylic acid groups (broad SMARTS) is 1. The first-order valence-corrected chi connectivity index (χ1v) is 5.93. The third kappa shape index (κ3) is 2.10. The number of aromatic nitrogens is 1. The number of aromatic carboxylic acids is 1. The zero-order chi connectivity index (χ0) is 15.0. The highest BCUT2D eigenvalue weighted by atomic mass is 16.6. The minimum absolute atomic E-state index is 0.0149. The first-order chi connectivity index (χ1) is 10.1. The molecule has 2 aromatic heterocycles. The quantitative estimate of drug-likeness (QED) is 0.585. The molecule has 0 atom stereocenters. The molecule has 104 valence electrons. The largest absolute Gasteiger partial charge is 0.477 e. The Morgan fingerprint density at radius 1 is 1.29 bits per heavy atom. The van der Waals surface area contributed by atoms with Crippen molar-refractivity contribution >= 4 is 22.6 Å². The van der Waals surface area contributed by atoms with Crippen LogP contribution in [0.15, 0.2) is 47.1 Å². The molecule has 0 radical (unpaired) electrons. The molecule has 0 amide bonds. The molecule has 21 heavy (non-hydrogen) atoms. The molecule has 0 unspecified atom stereocenters. The van der Waals surface area contributed by atoms with Crippen LogP contribution in [0.25, 0.3) is 22.2 Å². The Hall–Kier alpha value is -3.22. The number of carbonyl (C=O) groups is 1. The maximum atomic E-state index is 11.2. The molecule has 1 aromatic carbocycles. The lowest BCUT2D eigenvalue weighted by Crippen LogP contribution is -2.01. The molecule has 1 N–H and O–H groups in total.